The van der Waals surface area contributed by atoms with Gasteiger partial charge in [0.15, 0.2) is 0 Å². The van der Waals surface area contributed by atoms with E-state index in [9.17, 15) is 0 Å². The Kier molecular flexibility index (Phi) is 5.00. The van der Waals surface area contributed by atoms with Gasteiger partial charge in [-0.25, -0.2) is 0 Å². The molecule has 0 atom stereocenters. The van der Waals surface area contributed by atoms with Crippen molar-refractivity contribution in [3.05, 3.63) is 58.6 Å². The highest BCUT2D eigenvalue weighted by Crippen LogP contribution is 2.29. The largest absolute Gasteiger partial charge is 0.316 e. The summed E-state index contributed by atoms with van der Waals surface area (Å²) < 4.78 is 0. The Morgan fingerprint density at radius 2 is 1.89 bits per heavy atom. The highest BCUT2D eigenvalue weighted by Gasteiger charge is 2.05. The molecule has 0 aliphatic carbocycles. The van der Waals surface area contributed by atoms with Gasteiger partial charge in [0.05, 0.1) is 0 Å². The molecule has 0 saturated carbocycles. The van der Waals surface area contributed by atoms with Crippen molar-refractivity contribution in [1.29, 1.82) is 0 Å². The topological polar surface area (TPSA) is 12.0 Å². The van der Waals surface area contributed by atoms with Crippen molar-refractivity contribution in [2.45, 2.75) is 26.3 Å². The minimum Gasteiger partial charge on any atom is -0.316 e. The van der Waals surface area contributed by atoms with E-state index >= 15 is 0 Å². The maximum absolute atomic E-state index is 6.40. The number of hydrogen-bond donors (Lipinski definition) is 1. The molecule has 0 aliphatic rings. The summed E-state index contributed by atoms with van der Waals surface area (Å²) in [5.41, 5.74) is 4.89. The van der Waals surface area contributed by atoms with Crippen molar-refractivity contribution in [2.75, 3.05) is 7.05 Å². The molecule has 2 heteroatoms. The van der Waals surface area contributed by atoms with Gasteiger partial charge in [-0.1, -0.05) is 61.3 Å². The molecular weight excluding hydrogens is 254 g/mol. The van der Waals surface area contributed by atoms with E-state index in [0.717, 1.165) is 30.0 Å². The van der Waals surface area contributed by atoms with Crippen molar-refractivity contribution in [1.82, 2.24) is 5.32 Å². The van der Waals surface area contributed by atoms with Gasteiger partial charge >= 0.3 is 0 Å². The third kappa shape index (κ3) is 3.59. The van der Waals surface area contributed by atoms with Gasteiger partial charge in [0, 0.05) is 17.1 Å². The van der Waals surface area contributed by atoms with Gasteiger partial charge in [0.25, 0.3) is 0 Å². The Hall–Kier alpha value is -1.31. The molecule has 0 aromatic heterocycles. The van der Waals surface area contributed by atoms with Gasteiger partial charge < -0.3 is 5.32 Å². The van der Waals surface area contributed by atoms with Crippen LogP contribution in [-0.2, 0) is 13.0 Å². The van der Waals surface area contributed by atoms with Crippen LogP contribution >= 0.6 is 11.6 Å². The minimum absolute atomic E-state index is 0.821. The second-order valence-corrected chi connectivity index (χ2v) is 5.20. The van der Waals surface area contributed by atoms with Crippen LogP contribution in [0.3, 0.4) is 0 Å². The molecule has 2 aromatic carbocycles. The maximum atomic E-state index is 6.40. The van der Waals surface area contributed by atoms with E-state index in [1.54, 1.807) is 0 Å². The Balaban J connectivity index is 2.33. The van der Waals surface area contributed by atoms with Gasteiger partial charge in [-0.15, -0.1) is 0 Å². The summed E-state index contributed by atoms with van der Waals surface area (Å²) in [6, 6.07) is 14.9. The summed E-state index contributed by atoms with van der Waals surface area (Å²) in [5, 5.41) is 3.96. The number of aryl methyl sites for hydroxylation is 1. The minimum atomic E-state index is 0.821. The monoisotopic (exact) mass is 273 g/mol. The van der Waals surface area contributed by atoms with Gasteiger partial charge in [0.1, 0.15) is 0 Å². The summed E-state index contributed by atoms with van der Waals surface area (Å²) in [6.07, 6.45) is 2.28. The molecule has 2 rings (SSSR count). The van der Waals surface area contributed by atoms with Crippen molar-refractivity contribution in [2.24, 2.45) is 0 Å². The van der Waals surface area contributed by atoms with Crippen LogP contribution in [0.4, 0.5) is 0 Å². The van der Waals surface area contributed by atoms with Gasteiger partial charge in [-0.3, -0.25) is 0 Å². The molecule has 0 radical (unpaired) electrons. The lowest BCUT2D eigenvalue weighted by atomic mass is 10.00. The van der Waals surface area contributed by atoms with Gasteiger partial charge in [-0.2, -0.15) is 0 Å². The lowest BCUT2D eigenvalue weighted by molar-refractivity contribution is 0.818. The van der Waals surface area contributed by atoms with Crippen molar-refractivity contribution in [3.63, 3.8) is 0 Å². The normalized spacial score (nSPS) is 10.7. The molecule has 0 saturated heterocycles. The molecule has 0 unspecified atom stereocenters. The predicted octanol–water partition coefficient (Wildman–Crippen LogP) is 4.68. The number of rotatable bonds is 5. The molecule has 0 aliphatic heterocycles. The molecule has 19 heavy (non-hydrogen) atoms. The smallest absolute Gasteiger partial charge is 0.0487 e. The number of nitrogens with one attached hydrogen (secondary N) is 1. The van der Waals surface area contributed by atoms with Crippen LogP contribution in [0.5, 0.6) is 0 Å². The first kappa shape index (κ1) is 14.1. The van der Waals surface area contributed by atoms with Crippen molar-refractivity contribution in [3.8, 4) is 11.1 Å². The van der Waals surface area contributed by atoms with Crippen molar-refractivity contribution >= 4 is 11.6 Å². The molecule has 0 heterocycles. The second kappa shape index (κ2) is 6.74. The number of benzene rings is 2. The van der Waals surface area contributed by atoms with E-state index in [-0.39, 0.29) is 0 Å². The molecule has 0 bridgehead atoms. The Labute approximate surface area is 120 Å². The van der Waals surface area contributed by atoms with Gasteiger partial charge in [-0.05, 0) is 36.2 Å². The van der Waals surface area contributed by atoms with Crippen LogP contribution in [-0.4, -0.2) is 7.05 Å². The molecule has 0 fully saturated rings. The third-order valence-electron chi connectivity index (χ3n) is 3.19. The molecule has 0 spiro atoms. The van der Waals surface area contributed by atoms with Crippen LogP contribution in [0.2, 0.25) is 5.02 Å². The van der Waals surface area contributed by atoms with Crippen LogP contribution < -0.4 is 5.32 Å². The molecular formula is C17H20ClN. The van der Waals surface area contributed by atoms with E-state index in [4.69, 9.17) is 11.6 Å². The zero-order valence-corrected chi connectivity index (χ0v) is 12.3. The first-order valence-electron chi connectivity index (χ1n) is 6.77. The molecule has 1 nitrogen and oxygen atoms in total. The second-order valence-electron chi connectivity index (χ2n) is 4.79. The SMILES string of the molecule is CCCc1cccc(-c2ccc(CNC)cc2Cl)c1. The Morgan fingerprint density at radius 1 is 1.05 bits per heavy atom. The fourth-order valence-electron chi connectivity index (χ4n) is 2.29. The fourth-order valence-corrected chi connectivity index (χ4v) is 2.60. The summed E-state index contributed by atoms with van der Waals surface area (Å²) >= 11 is 6.40. The molecule has 1 N–H and O–H groups in total. The first-order valence-corrected chi connectivity index (χ1v) is 7.14. The van der Waals surface area contributed by atoms with Gasteiger partial charge in [0.2, 0.25) is 0 Å². The Morgan fingerprint density at radius 3 is 2.58 bits per heavy atom. The predicted molar refractivity (Wildman–Crippen MR) is 83.6 cm³/mol. The summed E-state index contributed by atoms with van der Waals surface area (Å²) in [4.78, 5) is 0. The van der Waals surface area contributed by atoms with Crippen LogP contribution in [0, 0.1) is 0 Å². The molecule has 2 aromatic rings. The third-order valence-corrected chi connectivity index (χ3v) is 3.50. The lowest BCUT2D eigenvalue weighted by Gasteiger charge is -2.09. The van der Waals surface area contributed by atoms with E-state index in [1.807, 2.05) is 13.1 Å². The number of hydrogen-bond acceptors (Lipinski definition) is 1. The average molecular weight is 274 g/mol. The fraction of sp³-hybridized carbons (Fsp3) is 0.294. The van der Waals surface area contributed by atoms with Crippen LogP contribution in [0.15, 0.2) is 42.5 Å². The Bertz CT molecular complexity index is 549. The zero-order valence-electron chi connectivity index (χ0n) is 11.5. The first-order chi connectivity index (χ1) is 9.24. The van der Waals surface area contributed by atoms with E-state index in [2.05, 4.69) is 48.6 Å². The highest BCUT2D eigenvalue weighted by molar-refractivity contribution is 6.33. The van der Waals surface area contributed by atoms with Crippen molar-refractivity contribution < 1.29 is 0 Å². The highest BCUT2D eigenvalue weighted by atomic mass is 35.5. The summed E-state index contributed by atoms with van der Waals surface area (Å²) in [7, 11) is 1.94. The summed E-state index contributed by atoms with van der Waals surface area (Å²) in [5.74, 6) is 0. The molecule has 100 valence electrons. The van der Waals surface area contributed by atoms with Crippen LogP contribution in [0.25, 0.3) is 11.1 Å². The number of halogens is 1. The van der Waals surface area contributed by atoms with E-state index in [0.29, 0.717) is 0 Å². The van der Waals surface area contributed by atoms with E-state index < -0.39 is 0 Å². The maximum Gasteiger partial charge on any atom is 0.0487 e. The zero-order chi connectivity index (χ0) is 13.7. The van der Waals surface area contributed by atoms with E-state index in [1.165, 1.54) is 16.7 Å². The van der Waals surface area contributed by atoms with Crippen LogP contribution in [0.1, 0.15) is 24.5 Å². The lowest BCUT2D eigenvalue weighted by Crippen LogP contribution is -2.04. The quantitative estimate of drug-likeness (QED) is 0.834. The molecule has 0 amide bonds. The summed E-state index contributed by atoms with van der Waals surface area (Å²) in [6.45, 7) is 3.04. The standard InChI is InChI=1S/C17H20ClN/c1-3-5-13-6-4-7-15(10-13)16-9-8-14(12-19-2)11-17(16)18/h4,6-11,19H,3,5,12H2,1-2H3. The average Bonchev–Trinajstić information content (AvgIpc) is 2.40.